The van der Waals surface area contributed by atoms with Gasteiger partial charge in [0.25, 0.3) is 5.91 Å². The molecule has 0 bridgehead atoms. The number of imidazole rings is 1. The largest absolute Gasteiger partial charge is 0.357 e. The second kappa shape index (κ2) is 6.97. The van der Waals surface area contributed by atoms with Gasteiger partial charge in [-0.05, 0) is 25.4 Å². The molecule has 0 unspecified atom stereocenters. The van der Waals surface area contributed by atoms with E-state index in [4.69, 9.17) is 7.85 Å². The first kappa shape index (κ1) is 18.5. The lowest BCUT2D eigenvalue weighted by Gasteiger charge is -2.29. The highest BCUT2D eigenvalue weighted by atomic mass is 16.2. The molecule has 2 radical (unpaired) electrons. The molecule has 0 saturated heterocycles. The Morgan fingerprint density at radius 1 is 1.29 bits per heavy atom. The standard InChI is InChI=1S/C16H26BN5O2/c1-16(2,3)12(14(24)18-4)20-13(23)11-10-9-21(5)7-6-8-22(10)15(17)19-11/h12H,6-9H2,1-5H3,(H,18,24)(H,20,23)/t12-/m1/s1. The van der Waals surface area contributed by atoms with Crippen molar-refractivity contribution in [2.75, 3.05) is 20.6 Å². The zero-order valence-corrected chi connectivity index (χ0v) is 15.1. The molecule has 7 nitrogen and oxygen atoms in total. The zero-order valence-electron chi connectivity index (χ0n) is 15.1. The number of aromatic nitrogens is 2. The summed E-state index contributed by atoms with van der Waals surface area (Å²) in [6.07, 6.45) is 0.952. The lowest BCUT2D eigenvalue weighted by molar-refractivity contribution is -0.124. The first-order valence-electron chi connectivity index (χ1n) is 8.21. The minimum atomic E-state index is -0.655. The van der Waals surface area contributed by atoms with Crippen LogP contribution in [-0.2, 0) is 17.9 Å². The van der Waals surface area contributed by atoms with Gasteiger partial charge in [0.2, 0.25) is 5.91 Å². The summed E-state index contributed by atoms with van der Waals surface area (Å²) in [6.45, 7) is 8.00. The predicted octanol–water partition coefficient (Wildman–Crippen LogP) is -0.597. The molecule has 1 atom stereocenters. The number of nitrogens with one attached hydrogen (secondary N) is 2. The molecule has 1 aromatic heterocycles. The molecular weight excluding hydrogens is 305 g/mol. The van der Waals surface area contributed by atoms with Gasteiger partial charge in [0.05, 0.1) is 11.4 Å². The van der Waals surface area contributed by atoms with Crippen molar-refractivity contribution in [3.05, 3.63) is 11.4 Å². The molecule has 8 heteroatoms. The molecule has 1 aromatic rings. The van der Waals surface area contributed by atoms with Crippen molar-refractivity contribution < 1.29 is 9.59 Å². The maximum Gasteiger partial charge on any atom is 0.272 e. The van der Waals surface area contributed by atoms with Gasteiger partial charge < -0.3 is 20.1 Å². The van der Waals surface area contributed by atoms with Crippen molar-refractivity contribution in [3.8, 4) is 0 Å². The van der Waals surface area contributed by atoms with Crippen LogP contribution >= 0.6 is 0 Å². The predicted molar refractivity (Wildman–Crippen MR) is 93.3 cm³/mol. The number of amides is 2. The number of hydrogen-bond donors (Lipinski definition) is 2. The Hall–Kier alpha value is -1.83. The number of nitrogens with zero attached hydrogens (tertiary/aromatic N) is 3. The van der Waals surface area contributed by atoms with Crippen molar-refractivity contribution in [1.82, 2.24) is 25.1 Å². The van der Waals surface area contributed by atoms with E-state index >= 15 is 0 Å². The number of carbonyl (C=O) groups is 2. The SMILES string of the molecule is [B]c1nc(C(=O)N[C@H](C(=O)NC)C(C)(C)C)c2n1CCCN(C)C2. The molecule has 0 saturated carbocycles. The van der Waals surface area contributed by atoms with Gasteiger partial charge in [-0.15, -0.1) is 0 Å². The Balaban J connectivity index is 2.31. The van der Waals surface area contributed by atoms with Crippen LogP contribution in [0.2, 0.25) is 0 Å². The fourth-order valence-corrected chi connectivity index (χ4v) is 2.95. The quantitative estimate of drug-likeness (QED) is 0.725. The highest BCUT2D eigenvalue weighted by Gasteiger charge is 2.34. The van der Waals surface area contributed by atoms with E-state index in [9.17, 15) is 9.59 Å². The van der Waals surface area contributed by atoms with Crippen molar-refractivity contribution >= 4 is 25.4 Å². The average Bonchev–Trinajstić information content (AvgIpc) is 2.68. The van der Waals surface area contributed by atoms with Gasteiger partial charge in [0.1, 0.15) is 11.7 Å². The van der Waals surface area contributed by atoms with Crippen LogP contribution in [0.25, 0.3) is 0 Å². The van der Waals surface area contributed by atoms with E-state index in [0.717, 1.165) is 25.2 Å². The summed E-state index contributed by atoms with van der Waals surface area (Å²) in [5.41, 5.74) is 1.03. The zero-order chi connectivity index (χ0) is 18.1. The van der Waals surface area contributed by atoms with Crippen LogP contribution in [0.4, 0.5) is 0 Å². The lowest BCUT2D eigenvalue weighted by atomic mass is 9.86. The Labute approximate surface area is 144 Å². The van der Waals surface area contributed by atoms with Crippen LogP contribution in [0, 0.1) is 5.41 Å². The average molecular weight is 331 g/mol. The van der Waals surface area contributed by atoms with Gasteiger partial charge in [-0.25, -0.2) is 4.98 Å². The van der Waals surface area contributed by atoms with E-state index in [0.29, 0.717) is 18.0 Å². The molecule has 0 spiro atoms. The third-order valence-corrected chi connectivity index (χ3v) is 4.31. The van der Waals surface area contributed by atoms with Crippen LogP contribution in [0.15, 0.2) is 0 Å². The van der Waals surface area contributed by atoms with Crippen LogP contribution < -0.4 is 16.4 Å². The molecule has 0 fully saturated rings. The highest BCUT2D eigenvalue weighted by molar-refractivity contribution is 6.29. The normalized spacial score (nSPS) is 16.9. The molecule has 0 aromatic carbocycles. The number of rotatable bonds is 3. The smallest absolute Gasteiger partial charge is 0.272 e. The minimum Gasteiger partial charge on any atom is -0.357 e. The second-order valence-electron chi connectivity index (χ2n) is 7.40. The van der Waals surface area contributed by atoms with Gasteiger partial charge in [-0.2, -0.15) is 0 Å². The van der Waals surface area contributed by atoms with Gasteiger partial charge in [0, 0.05) is 20.1 Å². The van der Waals surface area contributed by atoms with E-state index in [-0.39, 0.29) is 11.8 Å². The third kappa shape index (κ3) is 3.80. The Morgan fingerprint density at radius 2 is 1.96 bits per heavy atom. The summed E-state index contributed by atoms with van der Waals surface area (Å²) in [5, 5.41) is 5.42. The van der Waals surface area contributed by atoms with E-state index in [2.05, 4.69) is 20.5 Å². The van der Waals surface area contributed by atoms with E-state index in [1.54, 1.807) is 7.05 Å². The first-order valence-corrected chi connectivity index (χ1v) is 8.21. The Morgan fingerprint density at radius 3 is 2.54 bits per heavy atom. The third-order valence-electron chi connectivity index (χ3n) is 4.31. The Kier molecular flexibility index (Phi) is 5.37. The molecule has 2 heterocycles. The summed E-state index contributed by atoms with van der Waals surface area (Å²) < 4.78 is 1.89. The minimum absolute atomic E-state index is 0.230. The summed E-state index contributed by atoms with van der Waals surface area (Å²) in [5.74, 6) is -0.597. The van der Waals surface area contributed by atoms with E-state index in [1.807, 2.05) is 32.4 Å². The summed E-state index contributed by atoms with van der Waals surface area (Å²) in [6, 6.07) is -0.655. The second-order valence-corrected chi connectivity index (χ2v) is 7.40. The first-order chi connectivity index (χ1) is 11.1. The monoisotopic (exact) mass is 331 g/mol. The van der Waals surface area contributed by atoms with Crippen LogP contribution in [0.3, 0.4) is 0 Å². The number of hydrogen-bond acceptors (Lipinski definition) is 4. The summed E-state index contributed by atoms with van der Waals surface area (Å²) >= 11 is 0. The number of fused-ring (bicyclic) bond motifs is 1. The van der Waals surface area contributed by atoms with Crippen LogP contribution in [0.1, 0.15) is 43.4 Å². The molecule has 130 valence electrons. The van der Waals surface area contributed by atoms with Crippen LogP contribution in [0.5, 0.6) is 0 Å². The highest BCUT2D eigenvalue weighted by Crippen LogP contribution is 2.21. The van der Waals surface area contributed by atoms with Gasteiger partial charge >= 0.3 is 0 Å². The van der Waals surface area contributed by atoms with Crippen molar-refractivity contribution in [2.24, 2.45) is 5.41 Å². The molecule has 2 N–H and O–H groups in total. The number of carbonyl (C=O) groups excluding carboxylic acids is 2. The molecule has 1 aliphatic heterocycles. The van der Waals surface area contributed by atoms with Gasteiger partial charge in [-0.3, -0.25) is 9.59 Å². The van der Waals surface area contributed by atoms with Gasteiger partial charge in [-0.1, -0.05) is 20.8 Å². The fourth-order valence-electron chi connectivity index (χ4n) is 2.95. The maximum atomic E-state index is 12.8. The number of likely N-dealkylation sites (N-methyl/N-ethyl adjacent to an activating group) is 1. The maximum absolute atomic E-state index is 12.8. The van der Waals surface area contributed by atoms with E-state index < -0.39 is 11.5 Å². The fraction of sp³-hybridized carbons (Fsp3) is 0.688. The molecule has 2 rings (SSSR count). The molecule has 2 amide bonds. The topological polar surface area (TPSA) is 79.3 Å². The molecule has 24 heavy (non-hydrogen) atoms. The van der Waals surface area contributed by atoms with E-state index in [1.165, 1.54) is 0 Å². The van der Waals surface area contributed by atoms with Crippen molar-refractivity contribution in [2.45, 2.75) is 46.3 Å². The van der Waals surface area contributed by atoms with Crippen LogP contribution in [-0.4, -0.2) is 60.8 Å². The Bertz CT molecular complexity index is 635. The van der Waals surface area contributed by atoms with Gasteiger partial charge in [0.15, 0.2) is 7.85 Å². The molecule has 0 aliphatic carbocycles. The van der Waals surface area contributed by atoms with Crippen molar-refractivity contribution in [3.63, 3.8) is 0 Å². The summed E-state index contributed by atoms with van der Waals surface area (Å²) in [7, 11) is 9.55. The molecule has 1 aliphatic rings. The molecular formula is C16H26BN5O2. The summed E-state index contributed by atoms with van der Waals surface area (Å²) in [4.78, 5) is 31.3. The lowest BCUT2D eigenvalue weighted by Crippen LogP contribution is -2.53. The van der Waals surface area contributed by atoms with Crippen molar-refractivity contribution in [1.29, 1.82) is 0 Å².